The molecule has 7 aromatic rings. The van der Waals surface area contributed by atoms with Crippen molar-refractivity contribution in [2.45, 2.75) is 122 Å². The van der Waals surface area contributed by atoms with Crippen LogP contribution >= 0.6 is 0 Å². The summed E-state index contributed by atoms with van der Waals surface area (Å²) in [5.74, 6) is 3.49. The Morgan fingerprint density at radius 2 is 1.13 bits per heavy atom. The number of piperidine rings is 1. The third-order valence-electron chi connectivity index (χ3n) is 16.1. The molecule has 4 aliphatic rings. The second kappa shape index (κ2) is 22.9. The number of ether oxygens (including phenoxy) is 4. The first-order valence-corrected chi connectivity index (χ1v) is 28.5. The highest BCUT2D eigenvalue weighted by atomic mass is 16.6. The minimum absolute atomic E-state index is 0.205. The lowest BCUT2D eigenvalue weighted by molar-refractivity contribution is 0.0203. The van der Waals surface area contributed by atoms with Gasteiger partial charge in [-0.25, -0.2) is 9.59 Å². The second-order valence-corrected chi connectivity index (χ2v) is 23.9. The quantitative estimate of drug-likeness (QED) is 0.128. The van der Waals surface area contributed by atoms with E-state index in [1.807, 2.05) is 64.6 Å². The number of amides is 2. The first kappa shape index (κ1) is 53.2. The molecule has 8 nitrogen and oxygen atoms in total. The van der Waals surface area contributed by atoms with E-state index in [0.717, 1.165) is 67.8 Å². The molecule has 7 aromatic carbocycles. The zero-order valence-electron chi connectivity index (χ0n) is 46.8. The summed E-state index contributed by atoms with van der Waals surface area (Å²) in [6.07, 6.45) is 8.11. The van der Waals surface area contributed by atoms with Gasteiger partial charge in [-0.05, 0) is 213 Å². The minimum Gasteiger partial charge on any atom is -0.489 e. The lowest BCUT2D eigenvalue weighted by atomic mass is 9.69. The number of benzene rings is 7. The Morgan fingerprint density at radius 1 is 0.519 bits per heavy atom. The number of nitrogens with zero attached hydrogens (tertiary/aromatic N) is 2. The fourth-order valence-corrected chi connectivity index (χ4v) is 12.2. The molecule has 2 heterocycles. The molecule has 0 radical (unpaired) electrons. The SMILES string of the molecule is CC(C)(C)OC(=O)N1CC=C(c2ccc(C3=C(c4ccc(Oc5ccc6c(c5)CC[C@@H](c5ccccc5)[C@H]6c5ccc(C6CCN(C(=O)OC(C)(C)C)CC6)cc5)cc4)CCc4cc(OCc5ccccc5)ccc43)cc2)CC1. The minimum atomic E-state index is -0.526. The topological polar surface area (TPSA) is 77.5 Å². The van der Waals surface area contributed by atoms with Gasteiger partial charge in [0.2, 0.25) is 0 Å². The number of hydrogen-bond donors (Lipinski definition) is 0. The van der Waals surface area contributed by atoms with Gasteiger partial charge in [-0.2, -0.15) is 0 Å². The van der Waals surface area contributed by atoms with Gasteiger partial charge in [0.1, 0.15) is 35.1 Å². The summed E-state index contributed by atoms with van der Waals surface area (Å²) in [5, 5.41) is 0. The van der Waals surface area contributed by atoms with Crippen LogP contribution in [0.3, 0.4) is 0 Å². The van der Waals surface area contributed by atoms with E-state index < -0.39 is 11.2 Å². The summed E-state index contributed by atoms with van der Waals surface area (Å²) >= 11 is 0. The largest absolute Gasteiger partial charge is 0.489 e. The lowest BCUT2D eigenvalue weighted by Crippen LogP contribution is -2.41. The number of likely N-dealkylation sites (tertiary alicyclic amines) is 1. The van der Waals surface area contributed by atoms with E-state index in [2.05, 4.69) is 158 Å². The number of carbonyl (C=O) groups is 2. The van der Waals surface area contributed by atoms with E-state index in [-0.39, 0.29) is 18.1 Å². The fourth-order valence-electron chi connectivity index (χ4n) is 12.2. The first-order chi connectivity index (χ1) is 38.2. The molecular weight excluding hydrogens is 977 g/mol. The van der Waals surface area contributed by atoms with Crippen molar-refractivity contribution in [3.63, 3.8) is 0 Å². The molecule has 0 saturated carbocycles. The van der Waals surface area contributed by atoms with Crippen molar-refractivity contribution in [1.82, 2.24) is 9.80 Å². The van der Waals surface area contributed by atoms with E-state index in [1.165, 1.54) is 72.4 Å². The third-order valence-corrected chi connectivity index (χ3v) is 16.1. The average molecular weight is 1050 g/mol. The van der Waals surface area contributed by atoms with Crippen molar-refractivity contribution in [2.75, 3.05) is 26.2 Å². The van der Waals surface area contributed by atoms with Gasteiger partial charge in [0, 0.05) is 32.1 Å². The van der Waals surface area contributed by atoms with Gasteiger partial charge in [-0.15, -0.1) is 0 Å². The maximum absolute atomic E-state index is 12.8. The maximum Gasteiger partial charge on any atom is 0.410 e. The van der Waals surface area contributed by atoms with Crippen LogP contribution in [0.4, 0.5) is 9.59 Å². The number of rotatable bonds is 11. The zero-order valence-corrected chi connectivity index (χ0v) is 46.8. The molecule has 0 aromatic heterocycles. The highest BCUT2D eigenvalue weighted by molar-refractivity contribution is 6.01. The fraction of sp³-hybridized carbons (Fsp3) is 0.324. The number of allylic oxidation sites excluding steroid dienone is 1. The first-order valence-electron chi connectivity index (χ1n) is 28.5. The molecule has 2 aliphatic heterocycles. The molecule has 11 rings (SSSR count). The van der Waals surface area contributed by atoms with Crippen LogP contribution in [0.15, 0.2) is 176 Å². The van der Waals surface area contributed by atoms with Crippen LogP contribution in [0.25, 0.3) is 16.7 Å². The van der Waals surface area contributed by atoms with Crippen LogP contribution in [0.5, 0.6) is 17.2 Å². The second-order valence-electron chi connectivity index (χ2n) is 23.9. The van der Waals surface area contributed by atoms with Crippen molar-refractivity contribution in [2.24, 2.45) is 0 Å². The van der Waals surface area contributed by atoms with Crippen LogP contribution < -0.4 is 9.47 Å². The molecule has 0 spiro atoms. The molecule has 2 aliphatic carbocycles. The van der Waals surface area contributed by atoms with Gasteiger partial charge in [0.25, 0.3) is 0 Å². The van der Waals surface area contributed by atoms with Crippen LogP contribution in [-0.4, -0.2) is 59.4 Å². The Balaban J connectivity index is 0.832. The average Bonchev–Trinajstić information content (AvgIpc) is 3.55. The molecule has 79 heavy (non-hydrogen) atoms. The van der Waals surface area contributed by atoms with E-state index in [0.29, 0.717) is 44.6 Å². The maximum atomic E-state index is 12.8. The van der Waals surface area contributed by atoms with Crippen LogP contribution in [-0.2, 0) is 28.9 Å². The summed E-state index contributed by atoms with van der Waals surface area (Å²) < 4.78 is 24.4. The van der Waals surface area contributed by atoms with Gasteiger partial charge in [-0.1, -0.05) is 140 Å². The molecular formula is C71H74N2O6. The highest BCUT2D eigenvalue weighted by Gasteiger charge is 2.34. The molecule has 0 bridgehead atoms. The van der Waals surface area contributed by atoms with Gasteiger partial charge in [-0.3, -0.25) is 0 Å². The standard InChI is InChI=1S/C71H74N2O6/c1-70(2,3)78-68(74)72-41-37-51(38-42-72)49-17-21-55(22-18-49)66-62(53-15-11-8-12-16-53)33-28-58-46-61(32-36-65(58)66)77-59-29-25-54(26-30-59)63-34-27-57-45-60(76-47-48-13-9-7-10-14-48)31-35-64(57)67(63)56-23-19-50(20-24-56)52-39-43-73(44-40-52)69(75)79-71(4,5)6/h7-26,29-32,35-36,39,45-46,51,62,66H,27-28,33-34,37-38,40-44,47H2,1-6H3/t62-,66+/m0/s1. The number of fused-ring (bicyclic) bond motifs is 2. The Kier molecular flexibility index (Phi) is 15.4. The van der Waals surface area contributed by atoms with Crippen LogP contribution in [0.2, 0.25) is 0 Å². The predicted octanol–water partition coefficient (Wildman–Crippen LogP) is 17.0. The van der Waals surface area contributed by atoms with Crippen LogP contribution in [0.1, 0.15) is 153 Å². The van der Waals surface area contributed by atoms with Gasteiger partial charge < -0.3 is 28.7 Å². The summed E-state index contributed by atoms with van der Waals surface area (Å²) in [5.41, 5.74) is 16.7. The molecule has 1 fully saturated rings. The van der Waals surface area contributed by atoms with Crippen molar-refractivity contribution in [3.05, 3.63) is 237 Å². The molecule has 0 N–H and O–H groups in total. The van der Waals surface area contributed by atoms with E-state index >= 15 is 0 Å². The molecule has 404 valence electrons. The molecule has 2 amide bonds. The zero-order chi connectivity index (χ0) is 54.7. The van der Waals surface area contributed by atoms with Crippen molar-refractivity contribution < 1.29 is 28.5 Å². The Morgan fingerprint density at radius 3 is 1.80 bits per heavy atom. The smallest absolute Gasteiger partial charge is 0.410 e. The Bertz CT molecular complexity index is 3340. The molecule has 2 atom stereocenters. The van der Waals surface area contributed by atoms with E-state index in [4.69, 9.17) is 18.9 Å². The third kappa shape index (κ3) is 12.5. The summed E-state index contributed by atoms with van der Waals surface area (Å²) in [6, 6.07) is 61.7. The number of hydrogen-bond acceptors (Lipinski definition) is 6. The monoisotopic (exact) mass is 1050 g/mol. The van der Waals surface area contributed by atoms with E-state index in [9.17, 15) is 9.59 Å². The molecule has 0 unspecified atom stereocenters. The highest BCUT2D eigenvalue weighted by Crippen LogP contribution is 2.48. The summed E-state index contributed by atoms with van der Waals surface area (Å²) in [4.78, 5) is 29.2. The van der Waals surface area contributed by atoms with Gasteiger partial charge in [0.05, 0.1) is 0 Å². The molecule has 8 heteroatoms. The summed E-state index contributed by atoms with van der Waals surface area (Å²) in [6.45, 7) is 14.6. The van der Waals surface area contributed by atoms with Crippen LogP contribution in [0, 0.1) is 0 Å². The van der Waals surface area contributed by atoms with Crippen molar-refractivity contribution >= 4 is 28.9 Å². The van der Waals surface area contributed by atoms with Gasteiger partial charge in [0.15, 0.2) is 0 Å². The van der Waals surface area contributed by atoms with E-state index in [1.54, 1.807) is 4.90 Å². The Hall–Kier alpha value is -7.84. The Labute approximate surface area is 467 Å². The van der Waals surface area contributed by atoms with Crippen molar-refractivity contribution in [3.8, 4) is 17.2 Å². The summed E-state index contributed by atoms with van der Waals surface area (Å²) in [7, 11) is 0. The predicted molar refractivity (Wildman–Crippen MR) is 317 cm³/mol. The lowest BCUT2D eigenvalue weighted by Gasteiger charge is -2.35. The van der Waals surface area contributed by atoms with Gasteiger partial charge >= 0.3 is 12.2 Å². The van der Waals surface area contributed by atoms with Crippen molar-refractivity contribution in [1.29, 1.82) is 0 Å². The number of aryl methyl sites for hydroxylation is 2. The number of carbonyl (C=O) groups excluding carboxylic acids is 2. The normalized spacial score (nSPS) is 17.8. The molecule has 1 saturated heterocycles.